The molecule has 0 radical (unpaired) electrons. The summed E-state index contributed by atoms with van der Waals surface area (Å²) in [5.41, 5.74) is 1.87. The van der Waals surface area contributed by atoms with E-state index < -0.39 is 11.5 Å². The van der Waals surface area contributed by atoms with Gasteiger partial charge >= 0.3 is 5.69 Å². The molecule has 1 amide bonds. The van der Waals surface area contributed by atoms with Crippen LogP contribution in [0.25, 0.3) is 28.5 Å². The number of nitrogens with zero attached hydrogens (tertiary/aromatic N) is 5. The van der Waals surface area contributed by atoms with E-state index in [1.807, 2.05) is 37.3 Å². The minimum atomic E-state index is -0.469. The molecule has 1 atom stereocenters. The summed E-state index contributed by atoms with van der Waals surface area (Å²) < 4.78 is 21.4. The molecule has 3 heterocycles. The van der Waals surface area contributed by atoms with Crippen molar-refractivity contribution in [3.05, 3.63) is 94.8 Å². The number of carbonyl (C=O) groups excluding carboxylic acids is 1. The van der Waals surface area contributed by atoms with E-state index in [2.05, 4.69) is 20.6 Å². The highest BCUT2D eigenvalue weighted by Gasteiger charge is 2.19. The van der Waals surface area contributed by atoms with Crippen LogP contribution in [-0.2, 0) is 17.8 Å². The Bertz CT molecular complexity index is 1570. The number of hydrogen-bond donors (Lipinski definition) is 1. The second-order valence-corrected chi connectivity index (χ2v) is 8.48. The van der Waals surface area contributed by atoms with Crippen LogP contribution in [0.3, 0.4) is 0 Å². The molecule has 0 spiro atoms. The summed E-state index contributed by atoms with van der Waals surface area (Å²) in [7, 11) is 0. The highest BCUT2D eigenvalue weighted by Crippen LogP contribution is 2.24. The van der Waals surface area contributed by atoms with E-state index in [0.29, 0.717) is 11.1 Å². The smallest absolute Gasteiger partial charge is 0.350 e. The number of benzene rings is 2. The number of carbonyl (C=O) groups is 1. The van der Waals surface area contributed by atoms with Gasteiger partial charge < -0.3 is 9.84 Å². The number of hydrogen-bond acceptors (Lipinski definition) is 6. The Morgan fingerprint density at radius 2 is 1.94 bits per heavy atom. The Morgan fingerprint density at radius 1 is 1.11 bits per heavy atom. The third-order valence-electron chi connectivity index (χ3n) is 5.76. The van der Waals surface area contributed by atoms with E-state index in [4.69, 9.17) is 4.52 Å². The normalized spacial score (nSPS) is 12.1. The van der Waals surface area contributed by atoms with E-state index in [0.717, 1.165) is 17.5 Å². The van der Waals surface area contributed by atoms with Crippen molar-refractivity contribution in [3.63, 3.8) is 0 Å². The van der Waals surface area contributed by atoms with Crippen LogP contribution < -0.4 is 11.0 Å². The van der Waals surface area contributed by atoms with Gasteiger partial charge in [0.2, 0.25) is 11.7 Å². The molecular formula is C26H23FN6O3. The largest absolute Gasteiger partial charge is 0.352 e. The number of rotatable bonds is 8. The van der Waals surface area contributed by atoms with Crippen molar-refractivity contribution in [1.82, 2.24) is 29.6 Å². The number of halogens is 1. The zero-order valence-corrected chi connectivity index (χ0v) is 19.5. The van der Waals surface area contributed by atoms with Crippen LogP contribution in [0.1, 0.15) is 18.9 Å². The molecule has 0 bridgehead atoms. The third kappa shape index (κ3) is 4.92. The maximum absolute atomic E-state index is 13.6. The lowest BCUT2D eigenvalue weighted by molar-refractivity contribution is -0.122. The molecule has 0 unspecified atom stereocenters. The molecule has 1 N–H and O–H groups in total. The van der Waals surface area contributed by atoms with Gasteiger partial charge in [-0.1, -0.05) is 47.6 Å². The molecule has 3 aromatic heterocycles. The van der Waals surface area contributed by atoms with Gasteiger partial charge in [-0.25, -0.2) is 18.3 Å². The van der Waals surface area contributed by atoms with Crippen molar-refractivity contribution in [2.24, 2.45) is 0 Å². The maximum Gasteiger partial charge on any atom is 0.350 e. The van der Waals surface area contributed by atoms with Crippen LogP contribution in [0, 0.1) is 5.82 Å². The molecule has 5 aromatic rings. The fraction of sp³-hybridized carbons (Fsp3) is 0.192. The topological polar surface area (TPSA) is 107 Å². The van der Waals surface area contributed by atoms with Gasteiger partial charge in [0.25, 0.3) is 5.89 Å². The minimum absolute atomic E-state index is 0.0689. The van der Waals surface area contributed by atoms with Gasteiger partial charge in [0.1, 0.15) is 12.4 Å². The maximum atomic E-state index is 13.6. The van der Waals surface area contributed by atoms with Crippen LogP contribution in [0.5, 0.6) is 0 Å². The summed E-state index contributed by atoms with van der Waals surface area (Å²) in [5.74, 6) is -0.402. The Labute approximate surface area is 205 Å². The van der Waals surface area contributed by atoms with Gasteiger partial charge in [-0.3, -0.25) is 4.79 Å². The number of pyridine rings is 1. The standard InChI is InChI=1S/C26H23FN6O3/c1-17(12-13-18-7-3-2-4-8-18)28-22(34)16-33-26(35)32-14-6-11-21(24(32)30-33)25-29-23(31-36-25)19-9-5-10-20(27)15-19/h2-11,14-15,17H,12-13,16H2,1H3,(H,28,34)/t17-/m0/s1. The summed E-state index contributed by atoms with van der Waals surface area (Å²) in [6, 6.07) is 19.1. The molecule has 10 heteroatoms. The summed E-state index contributed by atoms with van der Waals surface area (Å²) in [5, 5.41) is 11.2. The Morgan fingerprint density at radius 3 is 2.75 bits per heavy atom. The molecule has 2 aromatic carbocycles. The Hall–Kier alpha value is -4.60. The predicted molar refractivity (Wildman–Crippen MR) is 131 cm³/mol. The molecule has 0 saturated carbocycles. The fourth-order valence-electron chi connectivity index (χ4n) is 3.94. The summed E-state index contributed by atoms with van der Waals surface area (Å²) in [6.45, 7) is 1.70. The monoisotopic (exact) mass is 486 g/mol. The lowest BCUT2D eigenvalue weighted by atomic mass is 10.1. The molecule has 9 nitrogen and oxygen atoms in total. The molecular weight excluding hydrogens is 463 g/mol. The van der Waals surface area contributed by atoms with Crippen LogP contribution >= 0.6 is 0 Å². The molecule has 182 valence electrons. The lowest BCUT2D eigenvalue weighted by Gasteiger charge is -2.13. The molecule has 0 fully saturated rings. The number of aromatic nitrogens is 5. The minimum Gasteiger partial charge on any atom is -0.352 e. The second kappa shape index (κ2) is 9.95. The summed E-state index contributed by atoms with van der Waals surface area (Å²) >= 11 is 0. The van der Waals surface area contributed by atoms with E-state index in [1.54, 1.807) is 30.5 Å². The zero-order valence-electron chi connectivity index (χ0n) is 19.5. The molecule has 0 aliphatic carbocycles. The molecule has 0 aliphatic heterocycles. The first kappa shape index (κ1) is 23.2. The van der Waals surface area contributed by atoms with Crippen molar-refractivity contribution >= 4 is 11.6 Å². The van der Waals surface area contributed by atoms with Crippen molar-refractivity contribution in [2.75, 3.05) is 0 Å². The van der Waals surface area contributed by atoms with Crippen molar-refractivity contribution in [1.29, 1.82) is 0 Å². The van der Waals surface area contributed by atoms with Crippen molar-refractivity contribution in [3.8, 4) is 22.8 Å². The van der Waals surface area contributed by atoms with E-state index in [1.165, 1.54) is 22.1 Å². The van der Waals surface area contributed by atoms with E-state index in [-0.39, 0.29) is 35.9 Å². The quantitative estimate of drug-likeness (QED) is 0.360. The van der Waals surface area contributed by atoms with Gasteiger partial charge in [0, 0.05) is 17.8 Å². The SMILES string of the molecule is C[C@@H](CCc1ccccc1)NC(=O)Cn1nc2c(-c3nc(-c4cccc(F)c4)no3)cccn2c1=O. The molecule has 0 aliphatic rings. The lowest BCUT2D eigenvalue weighted by Crippen LogP contribution is -2.37. The van der Waals surface area contributed by atoms with Gasteiger partial charge in [0.05, 0.1) is 5.56 Å². The Balaban J connectivity index is 1.32. The van der Waals surface area contributed by atoms with Crippen LogP contribution in [0.15, 0.2) is 82.2 Å². The number of amides is 1. The third-order valence-corrected chi connectivity index (χ3v) is 5.76. The molecule has 36 heavy (non-hydrogen) atoms. The van der Waals surface area contributed by atoms with Crippen LogP contribution in [0.4, 0.5) is 4.39 Å². The molecule has 5 rings (SSSR count). The van der Waals surface area contributed by atoms with Gasteiger partial charge in [-0.2, -0.15) is 4.98 Å². The van der Waals surface area contributed by atoms with E-state index >= 15 is 0 Å². The second-order valence-electron chi connectivity index (χ2n) is 8.48. The summed E-state index contributed by atoms with van der Waals surface area (Å²) in [4.78, 5) is 29.8. The van der Waals surface area contributed by atoms with Crippen LogP contribution in [0.2, 0.25) is 0 Å². The first-order valence-electron chi connectivity index (χ1n) is 11.5. The van der Waals surface area contributed by atoms with E-state index in [9.17, 15) is 14.0 Å². The number of aryl methyl sites for hydroxylation is 1. The fourth-order valence-corrected chi connectivity index (χ4v) is 3.94. The van der Waals surface area contributed by atoms with Crippen molar-refractivity contribution < 1.29 is 13.7 Å². The average Bonchev–Trinajstić information content (AvgIpc) is 3.49. The zero-order chi connectivity index (χ0) is 25.1. The number of nitrogens with one attached hydrogen (secondary N) is 1. The average molecular weight is 487 g/mol. The first-order valence-corrected chi connectivity index (χ1v) is 11.5. The first-order chi connectivity index (χ1) is 17.5. The Kier molecular flexibility index (Phi) is 6.40. The van der Waals surface area contributed by atoms with Gasteiger partial charge in [-0.15, -0.1) is 5.10 Å². The number of fused-ring (bicyclic) bond motifs is 1. The van der Waals surface area contributed by atoms with Gasteiger partial charge in [0.15, 0.2) is 5.65 Å². The highest BCUT2D eigenvalue weighted by molar-refractivity contribution is 5.76. The van der Waals surface area contributed by atoms with Gasteiger partial charge in [-0.05, 0) is 49.6 Å². The highest BCUT2D eigenvalue weighted by atomic mass is 19.1. The predicted octanol–water partition coefficient (Wildman–Crippen LogP) is 3.49. The van der Waals surface area contributed by atoms with Crippen LogP contribution in [-0.4, -0.2) is 36.3 Å². The molecule has 0 saturated heterocycles. The van der Waals surface area contributed by atoms with Crippen molar-refractivity contribution in [2.45, 2.75) is 32.4 Å². The summed E-state index contributed by atoms with van der Waals surface area (Å²) in [6.07, 6.45) is 3.15.